The van der Waals surface area contributed by atoms with Crippen LogP contribution in [0.3, 0.4) is 0 Å². The molecule has 0 amide bonds. The smallest absolute Gasteiger partial charge is 0.0784 e. The standard InChI is InChI=1S/C33H20F2N5.Os/c34-32-25(20-36)33(35)31(40-22-38(24-13-5-2-6-14-24)27-16-8-10-18-29(27)40)19-30(32)39-21-37(23-11-3-1-4-12-23)26-15-7-9-17-28(26)39;/h1-18,21-22H;/q-3;. The number of fused-ring (bicyclic) bond motifs is 2. The number of rotatable bonds is 4. The van der Waals surface area contributed by atoms with Crippen LogP contribution in [0.1, 0.15) is 5.56 Å². The second-order valence-corrected chi connectivity index (χ2v) is 9.30. The van der Waals surface area contributed by atoms with Crippen molar-refractivity contribution in [3.8, 4) is 6.07 Å². The van der Waals surface area contributed by atoms with Gasteiger partial charge in [-0.3, -0.25) is 8.78 Å². The van der Waals surface area contributed by atoms with Crippen LogP contribution in [0, 0.1) is 42.4 Å². The molecule has 5 aromatic rings. The summed E-state index contributed by atoms with van der Waals surface area (Å²) in [6, 6.07) is 39.1. The Morgan fingerprint density at radius 1 is 0.537 bits per heavy atom. The molecule has 0 saturated carbocycles. The SMILES string of the molecule is N#Cc1c(F)c(N2[CH-]N(c3ccccc3)c3ccccc32)[c-]c(N2[CH-]N(c3ccccc3)c3ccccc32)c1F.[Os]. The van der Waals surface area contributed by atoms with Crippen molar-refractivity contribution in [1.82, 2.24) is 0 Å². The predicted octanol–water partition coefficient (Wildman–Crippen LogP) is 8.45. The first-order chi connectivity index (χ1) is 19.7. The molecule has 0 spiro atoms. The molecular formula is C33H20F2N5Os-3. The summed E-state index contributed by atoms with van der Waals surface area (Å²) in [4.78, 5) is 7.06. The van der Waals surface area contributed by atoms with Crippen LogP contribution < -0.4 is 19.6 Å². The summed E-state index contributed by atoms with van der Waals surface area (Å²) < 4.78 is 31.8. The first-order valence-electron chi connectivity index (χ1n) is 12.6. The molecule has 0 aliphatic carbocycles. The fourth-order valence-corrected chi connectivity index (χ4v) is 5.15. The monoisotopic (exact) mass is 716 g/mol. The summed E-state index contributed by atoms with van der Waals surface area (Å²) in [5, 5.41) is 9.86. The van der Waals surface area contributed by atoms with Gasteiger partial charge in [-0.1, -0.05) is 72.0 Å². The molecule has 0 bridgehead atoms. The Morgan fingerprint density at radius 2 is 0.878 bits per heavy atom. The summed E-state index contributed by atoms with van der Waals surface area (Å²) in [6.07, 6.45) is 0. The summed E-state index contributed by atoms with van der Waals surface area (Å²) in [5.74, 6) is -1.95. The van der Waals surface area contributed by atoms with E-state index < -0.39 is 17.2 Å². The predicted molar refractivity (Wildman–Crippen MR) is 153 cm³/mol. The van der Waals surface area contributed by atoms with Gasteiger partial charge in [-0.2, -0.15) is 5.26 Å². The van der Waals surface area contributed by atoms with E-state index in [9.17, 15) is 5.26 Å². The summed E-state index contributed by atoms with van der Waals surface area (Å²) >= 11 is 0. The van der Waals surface area contributed by atoms with Gasteiger partial charge in [0.15, 0.2) is 0 Å². The number of nitrogens with zero attached hydrogens (tertiary/aromatic N) is 5. The molecule has 5 nitrogen and oxygen atoms in total. The van der Waals surface area contributed by atoms with Crippen molar-refractivity contribution in [2.45, 2.75) is 0 Å². The molecule has 5 aromatic carbocycles. The number of halogens is 2. The van der Waals surface area contributed by atoms with Crippen LogP contribution in [0.25, 0.3) is 0 Å². The van der Waals surface area contributed by atoms with E-state index in [1.165, 1.54) is 0 Å². The van der Waals surface area contributed by atoms with Gasteiger partial charge in [-0.25, -0.2) is 0 Å². The minimum atomic E-state index is -0.975. The molecule has 2 heterocycles. The molecule has 2 aliphatic heterocycles. The van der Waals surface area contributed by atoms with Gasteiger partial charge in [-0.15, -0.1) is 19.4 Å². The first-order valence-corrected chi connectivity index (χ1v) is 12.6. The Kier molecular flexibility index (Phi) is 6.91. The number of nitriles is 1. The van der Waals surface area contributed by atoms with Crippen molar-refractivity contribution in [3.05, 3.63) is 146 Å². The molecule has 0 atom stereocenters. The van der Waals surface area contributed by atoms with Crippen LogP contribution in [0.15, 0.2) is 109 Å². The quantitative estimate of drug-likeness (QED) is 0.175. The van der Waals surface area contributed by atoms with E-state index in [4.69, 9.17) is 0 Å². The molecule has 0 fully saturated rings. The number of benzene rings is 5. The summed E-state index contributed by atoms with van der Waals surface area (Å²) in [7, 11) is 0. The summed E-state index contributed by atoms with van der Waals surface area (Å²) in [5.41, 5.74) is 3.97. The van der Waals surface area contributed by atoms with E-state index in [2.05, 4.69) is 6.07 Å². The third-order valence-electron chi connectivity index (χ3n) is 7.02. The van der Waals surface area contributed by atoms with E-state index in [1.807, 2.05) is 119 Å². The summed E-state index contributed by atoms with van der Waals surface area (Å²) in [6.45, 7) is 3.46. The molecule has 7 rings (SSSR count). The molecule has 2 aliphatic rings. The number of anilines is 8. The van der Waals surface area contributed by atoms with Crippen LogP contribution in [-0.2, 0) is 19.8 Å². The van der Waals surface area contributed by atoms with Gasteiger partial charge < -0.3 is 19.6 Å². The molecule has 0 N–H and O–H groups in total. The average molecular weight is 715 g/mol. The van der Waals surface area contributed by atoms with E-state index in [1.54, 1.807) is 29.2 Å². The molecule has 202 valence electrons. The van der Waals surface area contributed by atoms with Crippen LogP contribution in [0.5, 0.6) is 0 Å². The third-order valence-corrected chi connectivity index (χ3v) is 7.02. The van der Waals surface area contributed by atoms with Crippen molar-refractivity contribution in [2.24, 2.45) is 0 Å². The zero-order valence-electron chi connectivity index (χ0n) is 21.4. The molecule has 8 heteroatoms. The maximum atomic E-state index is 15.9. The molecule has 0 radical (unpaired) electrons. The molecular weight excluding hydrogens is 695 g/mol. The Hall–Kier alpha value is -4.71. The van der Waals surface area contributed by atoms with Gasteiger partial charge in [-0.05, 0) is 48.5 Å². The largest absolute Gasteiger partial charge is 0.491 e. The van der Waals surface area contributed by atoms with Crippen LogP contribution in [0.2, 0.25) is 0 Å². The van der Waals surface area contributed by atoms with E-state index in [0.717, 1.165) is 22.7 Å². The fraction of sp³-hybridized carbons (Fsp3) is 0. The van der Waals surface area contributed by atoms with Crippen molar-refractivity contribution in [2.75, 3.05) is 19.6 Å². The van der Waals surface area contributed by atoms with E-state index >= 15 is 8.78 Å². The van der Waals surface area contributed by atoms with Crippen LogP contribution in [0.4, 0.5) is 54.3 Å². The third kappa shape index (κ3) is 4.31. The molecule has 41 heavy (non-hydrogen) atoms. The molecule has 0 unspecified atom stereocenters. The van der Waals surface area contributed by atoms with Crippen molar-refractivity contribution in [3.63, 3.8) is 0 Å². The van der Waals surface area contributed by atoms with Gasteiger partial charge in [0.05, 0.1) is 6.07 Å². The minimum Gasteiger partial charge on any atom is -0.491 e. The number of para-hydroxylation sites is 6. The van der Waals surface area contributed by atoms with Gasteiger partial charge >= 0.3 is 0 Å². The van der Waals surface area contributed by atoms with Gasteiger partial charge in [0, 0.05) is 71.1 Å². The Bertz CT molecular complexity index is 1650. The van der Waals surface area contributed by atoms with Gasteiger partial charge in [0.2, 0.25) is 0 Å². The van der Waals surface area contributed by atoms with Crippen molar-refractivity contribution < 1.29 is 28.6 Å². The normalized spacial score (nSPS) is 13.5. The topological polar surface area (TPSA) is 36.8 Å². The maximum absolute atomic E-state index is 15.9. The van der Waals surface area contributed by atoms with Gasteiger partial charge in [0.25, 0.3) is 0 Å². The molecule has 0 aromatic heterocycles. The zero-order chi connectivity index (χ0) is 27.2. The van der Waals surface area contributed by atoms with Crippen molar-refractivity contribution >= 4 is 45.5 Å². The van der Waals surface area contributed by atoms with E-state index in [0.29, 0.717) is 11.4 Å². The maximum Gasteiger partial charge on any atom is 0.0784 e. The minimum absolute atomic E-state index is 0. The second kappa shape index (κ2) is 10.7. The fourth-order valence-electron chi connectivity index (χ4n) is 5.15. The van der Waals surface area contributed by atoms with Crippen LogP contribution in [-0.4, -0.2) is 0 Å². The Balaban J connectivity index is 0.00000302. The molecule has 0 saturated heterocycles. The zero-order valence-corrected chi connectivity index (χ0v) is 23.9. The number of hydrogen-bond acceptors (Lipinski definition) is 5. The number of hydrogen-bond donors (Lipinski definition) is 0. The van der Waals surface area contributed by atoms with E-state index in [-0.39, 0.29) is 31.2 Å². The van der Waals surface area contributed by atoms with Gasteiger partial charge in [0.1, 0.15) is 0 Å². The van der Waals surface area contributed by atoms with Crippen molar-refractivity contribution in [1.29, 1.82) is 5.26 Å². The first kappa shape index (κ1) is 26.5. The van der Waals surface area contributed by atoms with Crippen LogP contribution >= 0.6 is 0 Å². The Labute approximate surface area is 250 Å². The Morgan fingerprint density at radius 3 is 1.24 bits per heavy atom. The second-order valence-electron chi connectivity index (χ2n) is 9.30. The average Bonchev–Trinajstić information content (AvgIpc) is 3.58.